The zero-order valence-electron chi connectivity index (χ0n) is 11.8. The van der Waals surface area contributed by atoms with Crippen LogP contribution in [0.2, 0.25) is 0 Å². The zero-order valence-corrected chi connectivity index (χ0v) is 14.2. The lowest BCUT2D eigenvalue weighted by Gasteiger charge is -2.32. The molecule has 0 spiro atoms. The summed E-state index contributed by atoms with van der Waals surface area (Å²) in [6, 6.07) is 4.31. The number of hydrogen-bond acceptors (Lipinski definition) is 3. The number of halogens is 1. The number of rotatable bonds is 5. The number of ether oxygens (including phenoxy) is 1. The van der Waals surface area contributed by atoms with Crippen LogP contribution in [-0.4, -0.2) is 12.1 Å². The Morgan fingerprint density at radius 1 is 1.37 bits per heavy atom. The van der Waals surface area contributed by atoms with Crippen molar-refractivity contribution in [3.8, 4) is 0 Å². The van der Waals surface area contributed by atoms with E-state index in [1.54, 1.807) is 11.3 Å². The van der Waals surface area contributed by atoms with Crippen LogP contribution in [-0.2, 0) is 4.74 Å². The van der Waals surface area contributed by atoms with Gasteiger partial charge in [-0.05, 0) is 66.1 Å². The Morgan fingerprint density at radius 3 is 2.58 bits per heavy atom. The normalized spacial score (nSPS) is 27.2. The lowest BCUT2D eigenvalue weighted by Crippen LogP contribution is -2.33. The molecule has 0 saturated heterocycles. The highest BCUT2D eigenvalue weighted by Crippen LogP contribution is 2.35. The summed E-state index contributed by atoms with van der Waals surface area (Å²) in [7, 11) is 0. The molecule has 2 N–H and O–H groups in total. The van der Waals surface area contributed by atoms with Crippen molar-refractivity contribution in [3.63, 3.8) is 0 Å². The Kier molecular flexibility index (Phi) is 5.87. The van der Waals surface area contributed by atoms with Crippen molar-refractivity contribution in [3.05, 3.63) is 20.8 Å². The summed E-state index contributed by atoms with van der Waals surface area (Å²) in [4.78, 5) is 1.25. The fraction of sp³-hybridized carbons (Fsp3) is 0.733. The van der Waals surface area contributed by atoms with Gasteiger partial charge in [0.25, 0.3) is 0 Å². The summed E-state index contributed by atoms with van der Waals surface area (Å²) < 4.78 is 7.51. The lowest BCUT2D eigenvalue weighted by molar-refractivity contribution is -0.0471. The molecule has 2 unspecified atom stereocenters. The minimum absolute atomic E-state index is 0.0553. The van der Waals surface area contributed by atoms with Crippen LogP contribution in [0.5, 0.6) is 0 Å². The Morgan fingerprint density at radius 2 is 2.05 bits per heavy atom. The fourth-order valence-electron chi connectivity index (χ4n) is 2.65. The number of thiophene rings is 1. The molecule has 4 heteroatoms. The molecule has 2 atom stereocenters. The van der Waals surface area contributed by atoms with Crippen LogP contribution in [0.15, 0.2) is 15.9 Å². The first-order valence-electron chi connectivity index (χ1n) is 7.26. The van der Waals surface area contributed by atoms with Gasteiger partial charge in [0.1, 0.15) is 6.10 Å². The highest BCUT2D eigenvalue weighted by Gasteiger charge is 2.27. The average Bonchev–Trinajstić information content (AvgIpc) is 2.83. The van der Waals surface area contributed by atoms with Crippen LogP contribution in [0, 0.1) is 5.92 Å². The van der Waals surface area contributed by atoms with E-state index in [9.17, 15) is 0 Å². The van der Waals surface area contributed by atoms with Crippen molar-refractivity contribution in [1.29, 1.82) is 0 Å². The zero-order chi connectivity index (χ0) is 13.8. The molecule has 1 aliphatic rings. The summed E-state index contributed by atoms with van der Waals surface area (Å²) in [5.74, 6) is 0.856. The van der Waals surface area contributed by atoms with Crippen molar-refractivity contribution < 1.29 is 4.74 Å². The third kappa shape index (κ3) is 4.28. The Balaban J connectivity index is 2.02. The highest BCUT2D eigenvalue weighted by molar-refractivity contribution is 9.11. The maximum atomic E-state index is 6.36. The minimum Gasteiger partial charge on any atom is -0.368 e. The topological polar surface area (TPSA) is 35.2 Å². The molecule has 0 bridgehead atoms. The number of hydrogen-bond donors (Lipinski definition) is 1. The van der Waals surface area contributed by atoms with Gasteiger partial charge in [0.2, 0.25) is 0 Å². The van der Waals surface area contributed by atoms with Crippen molar-refractivity contribution >= 4 is 27.3 Å². The van der Waals surface area contributed by atoms with Crippen molar-refractivity contribution in [2.24, 2.45) is 11.7 Å². The van der Waals surface area contributed by atoms with Gasteiger partial charge in [0.15, 0.2) is 0 Å². The van der Waals surface area contributed by atoms with Gasteiger partial charge in [0.05, 0.1) is 9.89 Å². The molecule has 1 heterocycles. The van der Waals surface area contributed by atoms with E-state index in [4.69, 9.17) is 10.5 Å². The first-order valence-corrected chi connectivity index (χ1v) is 8.87. The first-order chi connectivity index (χ1) is 9.10. The van der Waals surface area contributed by atoms with Gasteiger partial charge in [0, 0.05) is 10.9 Å². The van der Waals surface area contributed by atoms with E-state index in [-0.39, 0.29) is 12.1 Å². The molecular formula is C15H24BrNOS. The standard InChI is InChI=1S/C15H24BrNOS/c1-3-12(17)15(13-8-9-14(16)19-13)18-11-6-4-10(2)5-7-11/h8-12,15H,3-7,17H2,1-2H3. The number of nitrogens with two attached hydrogens (primary N) is 1. The largest absolute Gasteiger partial charge is 0.368 e. The van der Waals surface area contributed by atoms with Crippen LogP contribution >= 0.6 is 27.3 Å². The van der Waals surface area contributed by atoms with E-state index >= 15 is 0 Å². The van der Waals surface area contributed by atoms with E-state index in [0.717, 1.165) is 16.1 Å². The molecule has 0 radical (unpaired) electrons. The minimum atomic E-state index is 0.0553. The maximum absolute atomic E-state index is 6.36. The molecule has 0 amide bonds. The quantitative estimate of drug-likeness (QED) is 0.824. The predicted octanol–water partition coefficient (Wildman–Crippen LogP) is 4.88. The van der Waals surface area contributed by atoms with Crippen molar-refractivity contribution in [2.75, 3.05) is 0 Å². The Bertz CT molecular complexity index is 387. The second-order valence-electron chi connectivity index (χ2n) is 5.65. The van der Waals surface area contributed by atoms with Gasteiger partial charge in [-0.15, -0.1) is 11.3 Å². The molecule has 1 aliphatic carbocycles. The van der Waals surface area contributed by atoms with Gasteiger partial charge in [-0.3, -0.25) is 0 Å². The first kappa shape index (κ1) is 15.5. The molecule has 1 aromatic heterocycles. The molecule has 2 nitrogen and oxygen atoms in total. The van der Waals surface area contributed by atoms with Crippen LogP contribution in [0.1, 0.15) is 56.9 Å². The maximum Gasteiger partial charge on any atom is 0.107 e. The van der Waals surface area contributed by atoms with Crippen LogP contribution in [0.25, 0.3) is 0 Å². The molecule has 1 saturated carbocycles. The average molecular weight is 346 g/mol. The molecule has 1 fully saturated rings. The van der Waals surface area contributed by atoms with Crippen LogP contribution in [0.4, 0.5) is 0 Å². The van der Waals surface area contributed by atoms with Gasteiger partial charge in [-0.25, -0.2) is 0 Å². The third-order valence-electron chi connectivity index (χ3n) is 4.04. The molecule has 0 aliphatic heterocycles. The van der Waals surface area contributed by atoms with Crippen molar-refractivity contribution in [1.82, 2.24) is 0 Å². The Hall–Kier alpha value is 0.1000. The predicted molar refractivity (Wildman–Crippen MR) is 85.5 cm³/mol. The summed E-state index contributed by atoms with van der Waals surface area (Å²) in [5.41, 5.74) is 6.27. The third-order valence-corrected chi connectivity index (χ3v) is 5.72. The van der Waals surface area contributed by atoms with E-state index in [0.29, 0.717) is 6.10 Å². The van der Waals surface area contributed by atoms with Gasteiger partial charge >= 0.3 is 0 Å². The van der Waals surface area contributed by atoms with E-state index in [1.165, 1.54) is 30.6 Å². The van der Waals surface area contributed by atoms with E-state index in [2.05, 4.69) is 41.9 Å². The SMILES string of the molecule is CCC(N)C(OC1CCC(C)CC1)c1ccc(Br)s1. The summed E-state index contributed by atoms with van der Waals surface area (Å²) >= 11 is 5.27. The second-order valence-corrected chi connectivity index (χ2v) is 8.15. The summed E-state index contributed by atoms with van der Waals surface area (Å²) in [5, 5.41) is 0. The van der Waals surface area contributed by atoms with Gasteiger partial charge in [-0.1, -0.05) is 13.8 Å². The second kappa shape index (κ2) is 7.21. The van der Waals surface area contributed by atoms with Crippen LogP contribution in [0.3, 0.4) is 0 Å². The smallest absolute Gasteiger partial charge is 0.107 e. The van der Waals surface area contributed by atoms with Gasteiger partial charge < -0.3 is 10.5 Å². The summed E-state index contributed by atoms with van der Waals surface area (Å²) in [6.07, 6.45) is 6.32. The molecule has 0 aromatic carbocycles. The fourth-order valence-corrected chi connectivity index (χ4v) is 4.18. The molecular weight excluding hydrogens is 322 g/mol. The molecule has 1 aromatic rings. The molecule has 19 heavy (non-hydrogen) atoms. The van der Waals surface area contributed by atoms with Crippen molar-refractivity contribution in [2.45, 2.75) is 64.2 Å². The van der Waals surface area contributed by atoms with E-state index in [1.807, 2.05) is 0 Å². The molecule has 108 valence electrons. The molecule has 2 rings (SSSR count). The van der Waals surface area contributed by atoms with E-state index < -0.39 is 0 Å². The Labute approximate surface area is 128 Å². The monoisotopic (exact) mass is 345 g/mol. The van der Waals surface area contributed by atoms with Crippen LogP contribution < -0.4 is 5.73 Å². The summed E-state index contributed by atoms with van der Waals surface area (Å²) in [6.45, 7) is 4.47. The lowest BCUT2D eigenvalue weighted by atomic mass is 9.88. The van der Waals surface area contributed by atoms with Gasteiger partial charge in [-0.2, -0.15) is 0 Å². The highest BCUT2D eigenvalue weighted by atomic mass is 79.9.